The van der Waals surface area contributed by atoms with E-state index in [9.17, 15) is 5.11 Å². The summed E-state index contributed by atoms with van der Waals surface area (Å²) >= 11 is 0. The first-order valence-corrected chi connectivity index (χ1v) is 6.47. The van der Waals surface area contributed by atoms with Crippen molar-refractivity contribution in [2.24, 2.45) is 5.73 Å². The molecule has 0 aromatic heterocycles. The van der Waals surface area contributed by atoms with Crippen LogP contribution in [-0.4, -0.2) is 43.3 Å². The molecule has 0 radical (unpaired) electrons. The Hall–Kier alpha value is -1.10. The number of hydrogen-bond acceptors (Lipinski definition) is 4. The van der Waals surface area contributed by atoms with Gasteiger partial charge in [0.2, 0.25) is 0 Å². The Bertz CT molecular complexity index is 387. The van der Waals surface area contributed by atoms with Crippen molar-refractivity contribution < 1.29 is 9.84 Å². The van der Waals surface area contributed by atoms with Crippen molar-refractivity contribution in [3.05, 3.63) is 29.8 Å². The minimum absolute atomic E-state index is 0.678. The highest BCUT2D eigenvalue weighted by Gasteiger charge is 2.33. The molecule has 1 saturated heterocycles. The number of methoxy groups -OCH3 is 1. The zero-order valence-corrected chi connectivity index (χ0v) is 10.9. The first-order valence-electron chi connectivity index (χ1n) is 6.47. The minimum atomic E-state index is -0.723. The van der Waals surface area contributed by atoms with Crippen LogP contribution in [0.2, 0.25) is 0 Å². The van der Waals surface area contributed by atoms with Crippen LogP contribution in [0.15, 0.2) is 24.3 Å². The third kappa shape index (κ3) is 2.83. The van der Waals surface area contributed by atoms with Crippen LogP contribution in [-0.2, 0) is 5.60 Å². The van der Waals surface area contributed by atoms with Gasteiger partial charge >= 0.3 is 0 Å². The van der Waals surface area contributed by atoms with Gasteiger partial charge in [-0.3, -0.25) is 0 Å². The van der Waals surface area contributed by atoms with Crippen LogP contribution in [0, 0.1) is 0 Å². The Balaban J connectivity index is 2.08. The molecule has 0 atom stereocenters. The van der Waals surface area contributed by atoms with Crippen molar-refractivity contribution in [2.75, 3.05) is 33.3 Å². The molecule has 1 aromatic carbocycles. The largest absolute Gasteiger partial charge is 0.497 e. The second-order valence-corrected chi connectivity index (χ2v) is 4.89. The fraction of sp³-hybridized carbons (Fsp3) is 0.571. The molecule has 1 heterocycles. The van der Waals surface area contributed by atoms with Crippen LogP contribution >= 0.6 is 0 Å². The lowest BCUT2D eigenvalue weighted by Gasteiger charge is -2.38. The Labute approximate surface area is 108 Å². The average molecular weight is 250 g/mol. The number of aliphatic hydroxyl groups is 1. The Morgan fingerprint density at radius 1 is 1.39 bits per heavy atom. The minimum Gasteiger partial charge on any atom is -0.497 e. The zero-order valence-electron chi connectivity index (χ0n) is 10.9. The summed E-state index contributed by atoms with van der Waals surface area (Å²) in [6, 6.07) is 7.73. The number of nitrogens with two attached hydrogens (primary N) is 1. The van der Waals surface area contributed by atoms with Crippen molar-refractivity contribution in [3.63, 3.8) is 0 Å². The van der Waals surface area contributed by atoms with Crippen LogP contribution in [0.25, 0.3) is 0 Å². The molecule has 1 fully saturated rings. The van der Waals surface area contributed by atoms with Gasteiger partial charge in [0.25, 0.3) is 0 Å². The van der Waals surface area contributed by atoms with E-state index in [4.69, 9.17) is 10.5 Å². The molecular formula is C14H22N2O2. The van der Waals surface area contributed by atoms with Crippen LogP contribution in [0.4, 0.5) is 0 Å². The topological polar surface area (TPSA) is 58.7 Å². The Kier molecular flexibility index (Phi) is 4.22. The van der Waals surface area contributed by atoms with Gasteiger partial charge in [-0.25, -0.2) is 0 Å². The Morgan fingerprint density at radius 3 is 2.72 bits per heavy atom. The van der Waals surface area contributed by atoms with Gasteiger partial charge < -0.3 is 20.5 Å². The van der Waals surface area contributed by atoms with Crippen molar-refractivity contribution in [2.45, 2.75) is 18.4 Å². The molecule has 3 N–H and O–H groups in total. The van der Waals surface area contributed by atoms with Gasteiger partial charge in [-0.1, -0.05) is 12.1 Å². The molecule has 18 heavy (non-hydrogen) atoms. The van der Waals surface area contributed by atoms with Gasteiger partial charge in [0, 0.05) is 26.2 Å². The van der Waals surface area contributed by atoms with E-state index in [1.807, 2.05) is 24.3 Å². The quantitative estimate of drug-likeness (QED) is 0.835. The molecule has 4 heteroatoms. The molecule has 100 valence electrons. The van der Waals surface area contributed by atoms with Gasteiger partial charge in [0.05, 0.1) is 12.7 Å². The van der Waals surface area contributed by atoms with Gasteiger partial charge in [-0.05, 0) is 30.5 Å². The molecule has 2 rings (SSSR count). The first kappa shape index (κ1) is 13.3. The zero-order chi connectivity index (χ0) is 13.0. The standard InChI is InChI=1S/C14H22N2O2/c1-18-13-4-2-3-12(11-13)14(17)5-8-16(9-6-14)10-7-15/h2-4,11,17H,5-10,15H2,1H3. The molecule has 0 saturated carbocycles. The highest BCUT2D eigenvalue weighted by atomic mass is 16.5. The summed E-state index contributed by atoms with van der Waals surface area (Å²) in [7, 11) is 1.65. The smallest absolute Gasteiger partial charge is 0.119 e. The lowest BCUT2D eigenvalue weighted by molar-refractivity contribution is -0.0252. The lowest BCUT2D eigenvalue weighted by atomic mass is 9.84. The van der Waals surface area contributed by atoms with Gasteiger partial charge in [-0.2, -0.15) is 0 Å². The summed E-state index contributed by atoms with van der Waals surface area (Å²) in [6.45, 7) is 3.38. The molecular weight excluding hydrogens is 228 g/mol. The first-order chi connectivity index (χ1) is 8.68. The number of piperidine rings is 1. The molecule has 0 aliphatic carbocycles. The third-order valence-corrected chi connectivity index (χ3v) is 3.74. The van der Waals surface area contributed by atoms with E-state index in [-0.39, 0.29) is 0 Å². The second-order valence-electron chi connectivity index (χ2n) is 4.89. The molecule has 0 spiro atoms. The maximum atomic E-state index is 10.7. The summed E-state index contributed by atoms with van der Waals surface area (Å²) < 4.78 is 5.21. The number of hydrogen-bond donors (Lipinski definition) is 2. The maximum absolute atomic E-state index is 10.7. The van der Waals surface area contributed by atoms with E-state index in [1.165, 1.54) is 0 Å². The Morgan fingerprint density at radius 2 is 2.11 bits per heavy atom. The normalized spacial score (nSPS) is 19.7. The summed E-state index contributed by atoms with van der Waals surface area (Å²) in [5.74, 6) is 0.797. The average Bonchev–Trinajstić information content (AvgIpc) is 2.42. The molecule has 0 amide bonds. The predicted molar refractivity (Wildman–Crippen MR) is 71.6 cm³/mol. The summed E-state index contributed by atoms with van der Waals surface area (Å²) in [5, 5.41) is 10.7. The van der Waals surface area contributed by atoms with E-state index < -0.39 is 5.60 Å². The van der Waals surface area contributed by atoms with Crippen molar-refractivity contribution in [1.29, 1.82) is 0 Å². The fourth-order valence-electron chi connectivity index (χ4n) is 2.53. The number of likely N-dealkylation sites (tertiary alicyclic amines) is 1. The van der Waals surface area contributed by atoms with E-state index in [0.29, 0.717) is 6.54 Å². The molecule has 1 aliphatic rings. The summed E-state index contributed by atoms with van der Waals surface area (Å²) in [6.07, 6.45) is 1.50. The van der Waals surface area contributed by atoms with E-state index in [2.05, 4.69) is 4.90 Å². The predicted octanol–water partition coefficient (Wildman–Crippen LogP) is 0.937. The second kappa shape index (κ2) is 5.69. The molecule has 1 aliphatic heterocycles. The van der Waals surface area contributed by atoms with Crippen molar-refractivity contribution in [3.8, 4) is 5.75 Å². The maximum Gasteiger partial charge on any atom is 0.119 e. The van der Waals surface area contributed by atoms with E-state index in [0.717, 1.165) is 43.8 Å². The van der Waals surface area contributed by atoms with Gasteiger partial charge in [0.15, 0.2) is 0 Å². The highest BCUT2D eigenvalue weighted by Crippen LogP contribution is 2.34. The molecule has 4 nitrogen and oxygen atoms in total. The van der Waals surface area contributed by atoms with Crippen molar-refractivity contribution >= 4 is 0 Å². The van der Waals surface area contributed by atoms with E-state index in [1.54, 1.807) is 7.11 Å². The number of rotatable bonds is 4. The summed E-state index contributed by atoms with van der Waals surface area (Å²) in [4.78, 5) is 2.30. The van der Waals surface area contributed by atoms with Crippen LogP contribution < -0.4 is 10.5 Å². The molecule has 0 bridgehead atoms. The van der Waals surface area contributed by atoms with Crippen LogP contribution in [0.5, 0.6) is 5.75 Å². The van der Waals surface area contributed by atoms with E-state index >= 15 is 0 Å². The summed E-state index contributed by atoms with van der Waals surface area (Å²) in [5.41, 5.74) is 5.79. The van der Waals surface area contributed by atoms with Crippen molar-refractivity contribution in [1.82, 2.24) is 4.90 Å². The SMILES string of the molecule is COc1cccc(C2(O)CCN(CCN)CC2)c1. The van der Waals surface area contributed by atoms with Crippen LogP contribution in [0.1, 0.15) is 18.4 Å². The monoisotopic (exact) mass is 250 g/mol. The number of ether oxygens (including phenoxy) is 1. The number of nitrogens with zero attached hydrogens (tertiary/aromatic N) is 1. The fourth-order valence-corrected chi connectivity index (χ4v) is 2.53. The number of benzene rings is 1. The van der Waals surface area contributed by atoms with Crippen LogP contribution in [0.3, 0.4) is 0 Å². The highest BCUT2D eigenvalue weighted by molar-refractivity contribution is 5.32. The van der Waals surface area contributed by atoms with Gasteiger partial charge in [-0.15, -0.1) is 0 Å². The third-order valence-electron chi connectivity index (χ3n) is 3.74. The van der Waals surface area contributed by atoms with Gasteiger partial charge in [0.1, 0.15) is 5.75 Å². The molecule has 0 unspecified atom stereocenters. The molecule has 1 aromatic rings. The lowest BCUT2D eigenvalue weighted by Crippen LogP contribution is -2.44.